The van der Waals surface area contributed by atoms with Crippen LogP contribution in [0.5, 0.6) is 0 Å². The predicted octanol–water partition coefficient (Wildman–Crippen LogP) is 31.3. The van der Waals surface area contributed by atoms with Crippen molar-refractivity contribution in [3.63, 3.8) is 0 Å². The summed E-state index contributed by atoms with van der Waals surface area (Å²) in [5, 5.41) is 18.7. The maximum atomic E-state index is 5.43. The number of rotatable bonds is 10. The Balaban J connectivity index is 0.000000104. The normalized spacial score (nSPS) is 12.4. The Morgan fingerprint density at radius 2 is 0.518 bits per heavy atom. The minimum absolute atomic E-state index is 0.0977. The standard InChI is InChI=1S/C44H28N4.C43H30N4.C38H24N4/c1-2-13-33(14-3-1)47-28-27-32-25-26-40-41(43(32)47)37-17-7-9-20-39(37)48(40)44-45-38-19-8-6-16-36(38)42(46-44)31-23-21-30(22-24-31)35-18-10-12-29-11-4-5-15-34(29)35;1-43(2)34-17-9-6-14-30(34)31-22-20-28(26-35(31)43)40-32-15-7-10-18-36(32)44-42(45-40)47-37-19-11-8-16-33(37)39-38(47)23-21-27-24-25-46(41(27)39)29-12-4-3-5-13-29;1-2-13-27(14-3-1)41-24-23-26-21-22-34-35(37(26)41)31-17-7-9-20-33(31)42(34)38-39-32-19-8-6-16-30(32)36(40-38)29-18-10-12-25-11-4-5-15-28(25)29/h1-28H;3-26H,1-2H3;1-24H. The predicted molar refractivity (Wildman–Crippen MR) is 566 cm³/mol. The first-order valence-corrected chi connectivity index (χ1v) is 46.6. The van der Waals surface area contributed by atoms with Crippen molar-refractivity contribution in [2.24, 2.45) is 0 Å². The average Bonchev–Trinajstić information content (AvgIpc) is 1.57. The van der Waals surface area contributed by atoms with Crippen LogP contribution in [0.3, 0.4) is 0 Å². The first kappa shape index (κ1) is 78.6. The molecule has 1 aliphatic rings. The highest BCUT2D eigenvalue weighted by Crippen LogP contribution is 2.51. The molecule has 0 saturated heterocycles. The molecule has 1 aliphatic carbocycles. The fraction of sp³-hybridized carbons (Fsp3) is 0.0240. The van der Waals surface area contributed by atoms with Gasteiger partial charge in [0, 0.05) is 122 Å². The summed E-state index contributed by atoms with van der Waals surface area (Å²) in [6.45, 7) is 4.66. The van der Waals surface area contributed by atoms with Crippen LogP contribution in [0.1, 0.15) is 25.0 Å². The third-order valence-electron chi connectivity index (χ3n) is 28.1. The fourth-order valence-electron chi connectivity index (χ4n) is 21.8. The van der Waals surface area contributed by atoms with Crippen LogP contribution in [0, 0.1) is 0 Å². The lowest BCUT2D eigenvalue weighted by Crippen LogP contribution is -2.15. The van der Waals surface area contributed by atoms with Gasteiger partial charge in [0.25, 0.3) is 0 Å². The van der Waals surface area contributed by atoms with E-state index in [1.165, 1.54) is 120 Å². The van der Waals surface area contributed by atoms with Crippen molar-refractivity contribution in [3.05, 3.63) is 473 Å². The lowest BCUT2D eigenvalue weighted by atomic mass is 9.82. The third kappa shape index (κ3) is 12.6. The van der Waals surface area contributed by atoms with Crippen molar-refractivity contribution in [3.8, 4) is 90.9 Å². The van der Waals surface area contributed by atoms with Gasteiger partial charge in [-0.15, -0.1) is 0 Å². The molecule has 28 aromatic rings. The minimum atomic E-state index is -0.0977. The van der Waals surface area contributed by atoms with E-state index < -0.39 is 0 Å². The molecule has 0 fully saturated rings. The average molecular weight is 1750 g/mol. The lowest BCUT2D eigenvalue weighted by molar-refractivity contribution is 0.660. The molecule has 137 heavy (non-hydrogen) atoms. The van der Waals surface area contributed by atoms with Crippen molar-refractivity contribution in [1.29, 1.82) is 0 Å². The summed E-state index contributed by atoms with van der Waals surface area (Å²) in [5.74, 6) is 2.00. The van der Waals surface area contributed by atoms with E-state index in [0.717, 1.165) is 117 Å². The van der Waals surface area contributed by atoms with Gasteiger partial charge in [-0.3, -0.25) is 13.7 Å². The van der Waals surface area contributed by atoms with E-state index in [-0.39, 0.29) is 5.41 Å². The Labute approximate surface area is 787 Å². The van der Waals surface area contributed by atoms with E-state index in [0.29, 0.717) is 17.8 Å². The number of para-hydroxylation sites is 9. The highest BCUT2D eigenvalue weighted by Gasteiger charge is 2.36. The van der Waals surface area contributed by atoms with Crippen molar-refractivity contribution in [2.45, 2.75) is 19.3 Å². The van der Waals surface area contributed by atoms with Gasteiger partial charge in [0.05, 0.1) is 83.3 Å². The molecule has 12 heteroatoms. The number of fused-ring (bicyclic) bond motifs is 23. The summed E-state index contributed by atoms with van der Waals surface area (Å²) in [5.41, 5.74) is 29.9. The number of hydrogen-bond donors (Lipinski definition) is 0. The summed E-state index contributed by atoms with van der Waals surface area (Å²) < 4.78 is 13.6. The van der Waals surface area contributed by atoms with Gasteiger partial charge in [-0.25, -0.2) is 29.9 Å². The van der Waals surface area contributed by atoms with Crippen molar-refractivity contribution < 1.29 is 0 Å². The molecular formula is C125H82N12. The summed E-state index contributed by atoms with van der Waals surface area (Å²) in [6.07, 6.45) is 6.50. The second-order valence-electron chi connectivity index (χ2n) is 36.0. The van der Waals surface area contributed by atoms with Gasteiger partial charge in [0.15, 0.2) is 0 Å². The maximum absolute atomic E-state index is 5.43. The van der Waals surface area contributed by atoms with E-state index in [9.17, 15) is 0 Å². The quantitative estimate of drug-likeness (QED) is 0.135. The van der Waals surface area contributed by atoms with Crippen LogP contribution < -0.4 is 0 Å². The second kappa shape index (κ2) is 31.5. The maximum Gasteiger partial charge on any atom is 0.235 e. The number of aromatic nitrogens is 12. The first-order chi connectivity index (χ1) is 67.7. The number of hydrogen-bond acceptors (Lipinski definition) is 6. The van der Waals surface area contributed by atoms with Crippen LogP contribution in [0.2, 0.25) is 0 Å². The fourth-order valence-corrected chi connectivity index (χ4v) is 21.8. The lowest BCUT2D eigenvalue weighted by Gasteiger charge is -2.22. The van der Waals surface area contributed by atoms with E-state index >= 15 is 0 Å². The summed E-state index contributed by atoms with van der Waals surface area (Å²) >= 11 is 0. The molecular weight excluding hydrogens is 1670 g/mol. The topological polar surface area (TPSA) is 107 Å². The van der Waals surface area contributed by atoms with Crippen LogP contribution >= 0.6 is 0 Å². The molecule has 19 aromatic carbocycles. The monoisotopic (exact) mass is 1750 g/mol. The summed E-state index contributed by atoms with van der Waals surface area (Å²) in [6, 6.07) is 157. The van der Waals surface area contributed by atoms with Gasteiger partial charge in [-0.1, -0.05) is 341 Å². The zero-order valence-corrected chi connectivity index (χ0v) is 74.7. The van der Waals surface area contributed by atoms with Crippen molar-refractivity contribution in [2.75, 3.05) is 0 Å². The molecule has 0 saturated carbocycles. The van der Waals surface area contributed by atoms with Crippen LogP contribution in [-0.4, -0.2) is 57.3 Å². The minimum Gasteiger partial charge on any atom is -0.316 e. The van der Waals surface area contributed by atoms with Crippen LogP contribution in [0.4, 0.5) is 0 Å². The molecule has 9 aromatic heterocycles. The van der Waals surface area contributed by atoms with E-state index in [1.54, 1.807) is 0 Å². The van der Waals surface area contributed by atoms with Gasteiger partial charge in [0.1, 0.15) is 0 Å². The van der Waals surface area contributed by atoms with Gasteiger partial charge in [0.2, 0.25) is 17.8 Å². The van der Waals surface area contributed by atoms with Crippen LogP contribution in [0.25, 0.3) is 243 Å². The van der Waals surface area contributed by atoms with E-state index in [1.807, 2.05) is 6.07 Å². The van der Waals surface area contributed by atoms with Gasteiger partial charge < -0.3 is 13.7 Å². The Morgan fingerprint density at radius 1 is 0.197 bits per heavy atom. The van der Waals surface area contributed by atoms with Crippen molar-refractivity contribution >= 4 is 152 Å². The Morgan fingerprint density at radius 3 is 0.971 bits per heavy atom. The van der Waals surface area contributed by atoms with Crippen molar-refractivity contribution in [1.82, 2.24) is 57.3 Å². The van der Waals surface area contributed by atoms with Crippen LogP contribution in [0.15, 0.2) is 461 Å². The molecule has 0 N–H and O–H groups in total. The molecule has 0 atom stereocenters. The van der Waals surface area contributed by atoms with Gasteiger partial charge >= 0.3 is 0 Å². The molecule has 0 aliphatic heterocycles. The summed E-state index contributed by atoms with van der Waals surface area (Å²) in [4.78, 5) is 31.8. The number of nitrogens with zero attached hydrogens (tertiary/aromatic N) is 12. The SMILES string of the molecule is CC1(C)c2ccccc2-c2ccc(-c3nc(-n4c5ccccc5c5c6c(ccc54)ccn6-c4ccccc4)nc4ccccc34)cc21.c1ccc(-n2ccc3ccc4c(c5ccccc5n4-c4nc(-c5ccc(-c6cccc7ccccc67)cc5)c5ccccc5n4)c32)cc1.c1ccc(-n2ccc3ccc4c(c5ccccc5n4-c4nc(-c5cccc6ccccc56)c5ccccc5n4)c32)cc1. The Kier molecular flexibility index (Phi) is 18.1. The molecule has 642 valence electrons. The Hall–Kier alpha value is -18.3. The van der Waals surface area contributed by atoms with Gasteiger partial charge in [-0.2, -0.15) is 0 Å². The van der Waals surface area contributed by atoms with Gasteiger partial charge in [-0.05, 0) is 170 Å². The molecule has 29 rings (SSSR count). The molecule has 0 bridgehead atoms. The molecule has 12 nitrogen and oxygen atoms in total. The zero-order valence-electron chi connectivity index (χ0n) is 74.7. The highest BCUT2D eigenvalue weighted by atomic mass is 15.2. The molecule has 0 spiro atoms. The first-order valence-electron chi connectivity index (χ1n) is 46.6. The number of benzene rings is 19. The molecule has 9 heterocycles. The molecule has 0 unspecified atom stereocenters. The Bertz CT molecular complexity index is 9770. The van der Waals surface area contributed by atoms with E-state index in [2.05, 4.69) is 497 Å². The summed E-state index contributed by atoms with van der Waals surface area (Å²) in [7, 11) is 0. The second-order valence-corrected chi connectivity index (χ2v) is 36.0. The highest BCUT2D eigenvalue weighted by molar-refractivity contribution is 6.24. The molecule has 0 radical (unpaired) electrons. The molecule has 0 amide bonds. The smallest absolute Gasteiger partial charge is 0.235 e. The zero-order chi connectivity index (χ0) is 90.5. The van der Waals surface area contributed by atoms with E-state index in [4.69, 9.17) is 29.9 Å². The third-order valence-corrected chi connectivity index (χ3v) is 28.1. The van der Waals surface area contributed by atoms with Crippen LogP contribution in [-0.2, 0) is 5.41 Å². The largest absolute Gasteiger partial charge is 0.316 e.